The van der Waals surface area contributed by atoms with E-state index < -0.39 is 47.9 Å². The van der Waals surface area contributed by atoms with Gasteiger partial charge in [0.1, 0.15) is 23.9 Å². The Morgan fingerprint density at radius 2 is 1.48 bits per heavy atom. The van der Waals surface area contributed by atoms with Crippen LogP contribution in [0.25, 0.3) is 0 Å². The molecule has 0 radical (unpaired) electrons. The van der Waals surface area contributed by atoms with Crippen molar-refractivity contribution in [1.82, 2.24) is 16.0 Å². The molecule has 184 valence electrons. The van der Waals surface area contributed by atoms with Gasteiger partial charge in [-0.25, -0.2) is 4.79 Å². The number of rotatable bonds is 13. The maximum absolute atomic E-state index is 13.0. The van der Waals surface area contributed by atoms with Crippen molar-refractivity contribution < 1.29 is 29.4 Å². The number of amides is 3. The number of nitrogens with two attached hydrogens (primary N) is 1. The summed E-state index contributed by atoms with van der Waals surface area (Å²) in [5, 5.41) is 26.4. The summed E-state index contributed by atoms with van der Waals surface area (Å²) in [5.74, 6) is -3.47. The number of hydrogen-bond acceptors (Lipinski definition) is 8. The molecular weight excluding hydrogens is 468 g/mol. The van der Waals surface area contributed by atoms with E-state index in [1.54, 1.807) is 26.0 Å². The number of phenols is 1. The summed E-state index contributed by atoms with van der Waals surface area (Å²) in [6.07, 6.45) is 0.587. The second kappa shape index (κ2) is 14.0. The van der Waals surface area contributed by atoms with Gasteiger partial charge in [-0.15, -0.1) is 0 Å². The molecule has 0 aliphatic heterocycles. The van der Waals surface area contributed by atoms with Crippen LogP contribution in [0.2, 0.25) is 0 Å². The van der Waals surface area contributed by atoms with Crippen molar-refractivity contribution in [3.63, 3.8) is 0 Å². The van der Waals surface area contributed by atoms with Gasteiger partial charge in [-0.3, -0.25) is 14.4 Å². The SMILES string of the molecule is CCC(C)C(NC(=O)C(CS)NC(=O)C(Cc1ccc(O)cc1)NC(=O)C(N)CS)C(=O)O. The summed E-state index contributed by atoms with van der Waals surface area (Å²) < 4.78 is 0. The van der Waals surface area contributed by atoms with Crippen molar-refractivity contribution in [1.29, 1.82) is 0 Å². The molecule has 0 saturated heterocycles. The molecule has 10 nitrogen and oxygen atoms in total. The highest BCUT2D eigenvalue weighted by atomic mass is 32.1. The van der Waals surface area contributed by atoms with Gasteiger partial charge in [0.2, 0.25) is 17.7 Å². The number of benzene rings is 1. The third-order valence-corrected chi connectivity index (χ3v) is 5.89. The third-order valence-electron chi connectivity index (χ3n) is 5.13. The molecule has 33 heavy (non-hydrogen) atoms. The molecule has 1 aromatic carbocycles. The van der Waals surface area contributed by atoms with Crippen LogP contribution < -0.4 is 21.7 Å². The zero-order chi connectivity index (χ0) is 25.1. The van der Waals surface area contributed by atoms with Crippen LogP contribution in [-0.2, 0) is 25.6 Å². The highest BCUT2D eigenvalue weighted by Gasteiger charge is 2.31. The summed E-state index contributed by atoms with van der Waals surface area (Å²) in [4.78, 5) is 49.4. The van der Waals surface area contributed by atoms with E-state index in [9.17, 15) is 29.4 Å². The third kappa shape index (κ3) is 9.14. The fraction of sp³-hybridized carbons (Fsp3) is 0.524. The van der Waals surface area contributed by atoms with Gasteiger partial charge < -0.3 is 31.9 Å². The number of hydrogen-bond donors (Lipinski definition) is 8. The molecule has 0 aliphatic carbocycles. The van der Waals surface area contributed by atoms with Crippen molar-refractivity contribution in [2.45, 2.75) is 50.9 Å². The van der Waals surface area contributed by atoms with Gasteiger partial charge in [0.15, 0.2) is 0 Å². The Morgan fingerprint density at radius 3 is 1.97 bits per heavy atom. The minimum Gasteiger partial charge on any atom is -0.508 e. The number of phenolic OH excluding ortho intramolecular Hbond substituents is 1. The van der Waals surface area contributed by atoms with Gasteiger partial charge in [-0.2, -0.15) is 25.3 Å². The van der Waals surface area contributed by atoms with E-state index in [-0.39, 0.29) is 29.6 Å². The van der Waals surface area contributed by atoms with Crippen molar-refractivity contribution in [3.8, 4) is 5.75 Å². The quantitative estimate of drug-likeness (QED) is 0.172. The number of aromatic hydroxyl groups is 1. The molecule has 0 aromatic heterocycles. The predicted octanol–water partition coefficient (Wildman–Crippen LogP) is -0.293. The molecule has 5 atom stereocenters. The lowest BCUT2D eigenvalue weighted by atomic mass is 9.99. The smallest absolute Gasteiger partial charge is 0.326 e. The van der Waals surface area contributed by atoms with E-state index in [1.165, 1.54) is 12.1 Å². The van der Waals surface area contributed by atoms with Crippen molar-refractivity contribution in [3.05, 3.63) is 29.8 Å². The fourth-order valence-corrected chi connectivity index (χ4v) is 3.26. The van der Waals surface area contributed by atoms with E-state index in [0.29, 0.717) is 12.0 Å². The van der Waals surface area contributed by atoms with Gasteiger partial charge in [0, 0.05) is 17.9 Å². The van der Waals surface area contributed by atoms with Gasteiger partial charge in [0.05, 0.1) is 6.04 Å². The van der Waals surface area contributed by atoms with Gasteiger partial charge in [-0.05, 0) is 23.6 Å². The minimum absolute atomic E-state index is 0.0435. The molecular formula is C21H32N4O6S2. The van der Waals surface area contributed by atoms with Crippen LogP contribution in [0.1, 0.15) is 25.8 Å². The Morgan fingerprint density at radius 1 is 0.939 bits per heavy atom. The first-order valence-corrected chi connectivity index (χ1v) is 11.7. The Bertz CT molecular complexity index is 823. The summed E-state index contributed by atoms with van der Waals surface area (Å²) in [7, 11) is 0. The van der Waals surface area contributed by atoms with Crippen LogP contribution >= 0.6 is 25.3 Å². The van der Waals surface area contributed by atoms with Crippen LogP contribution in [-0.4, -0.2) is 69.6 Å². The van der Waals surface area contributed by atoms with E-state index in [1.807, 2.05) is 0 Å². The van der Waals surface area contributed by atoms with Gasteiger partial charge in [-0.1, -0.05) is 32.4 Å². The lowest BCUT2D eigenvalue weighted by molar-refractivity contribution is -0.143. The molecule has 0 aliphatic rings. The standard InChI is InChI=1S/C21H32N4O6S2/c1-3-11(2)17(21(30)31)25-20(29)16(10-33)24-19(28)15(23-18(27)14(22)9-32)8-12-4-6-13(26)7-5-12/h4-7,11,14-17,26,32-33H,3,8-10,22H2,1-2H3,(H,23,27)(H,24,28)(H,25,29)(H,30,31). The molecule has 0 heterocycles. The largest absolute Gasteiger partial charge is 0.508 e. The predicted molar refractivity (Wildman–Crippen MR) is 130 cm³/mol. The molecule has 3 amide bonds. The van der Waals surface area contributed by atoms with Crippen LogP contribution in [0.4, 0.5) is 0 Å². The first-order valence-electron chi connectivity index (χ1n) is 10.4. The second-order valence-electron chi connectivity index (χ2n) is 7.67. The lowest BCUT2D eigenvalue weighted by Gasteiger charge is -2.26. The van der Waals surface area contributed by atoms with E-state index in [0.717, 1.165) is 0 Å². The normalized spacial score (nSPS) is 15.4. The molecule has 12 heteroatoms. The van der Waals surface area contributed by atoms with Gasteiger partial charge >= 0.3 is 5.97 Å². The maximum atomic E-state index is 13.0. The second-order valence-corrected chi connectivity index (χ2v) is 8.40. The molecule has 0 spiro atoms. The average molecular weight is 501 g/mol. The number of carbonyl (C=O) groups excluding carboxylic acids is 3. The van der Waals surface area contributed by atoms with Crippen LogP contribution in [0, 0.1) is 5.92 Å². The summed E-state index contributed by atoms with van der Waals surface area (Å²) in [6.45, 7) is 3.50. The Labute approximate surface area is 203 Å². The van der Waals surface area contributed by atoms with E-state index >= 15 is 0 Å². The van der Waals surface area contributed by atoms with Gasteiger partial charge in [0.25, 0.3) is 0 Å². The summed E-state index contributed by atoms with van der Waals surface area (Å²) in [6, 6.07) is 1.77. The number of carboxylic acids is 1. The van der Waals surface area contributed by atoms with Crippen molar-refractivity contribution in [2.75, 3.05) is 11.5 Å². The van der Waals surface area contributed by atoms with E-state index in [2.05, 4.69) is 41.2 Å². The number of thiol groups is 2. The fourth-order valence-electron chi connectivity index (χ4n) is 2.84. The Hall–Kier alpha value is -2.44. The number of aliphatic carboxylic acids is 1. The molecule has 1 aromatic rings. The highest BCUT2D eigenvalue weighted by Crippen LogP contribution is 2.12. The maximum Gasteiger partial charge on any atom is 0.326 e. The molecule has 0 fully saturated rings. The number of nitrogens with one attached hydrogen (secondary N) is 3. The zero-order valence-corrected chi connectivity index (χ0v) is 20.3. The van der Waals surface area contributed by atoms with Crippen LogP contribution in [0.15, 0.2) is 24.3 Å². The van der Waals surface area contributed by atoms with Crippen LogP contribution in [0.5, 0.6) is 5.75 Å². The van der Waals surface area contributed by atoms with Crippen LogP contribution in [0.3, 0.4) is 0 Å². The molecule has 1 rings (SSSR count). The first kappa shape index (κ1) is 28.6. The Balaban J connectivity index is 3.01. The van der Waals surface area contributed by atoms with E-state index in [4.69, 9.17) is 5.73 Å². The molecule has 0 bridgehead atoms. The monoisotopic (exact) mass is 500 g/mol. The zero-order valence-electron chi connectivity index (χ0n) is 18.5. The molecule has 5 unspecified atom stereocenters. The summed E-state index contributed by atoms with van der Waals surface area (Å²) >= 11 is 8.09. The first-order chi connectivity index (χ1) is 15.5. The Kier molecular flexibility index (Phi) is 12.1. The topological polar surface area (TPSA) is 171 Å². The number of carbonyl (C=O) groups is 4. The molecule has 7 N–H and O–H groups in total. The average Bonchev–Trinajstić information content (AvgIpc) is 2.79. The number of carboxylic acid groups (broad SMARTS) is 1. The lowest BCUT2D eigenvalue weighted by Crippen LogP contribution is -2.58. The van der Waals surface area contributed by atoms with Crippen molar-refractivity contribution >= 4 is 48.9 Å². The minimum atomic E-state index is -1.18. The van der Waals surface area contributed by atoms with Crippen molar-refractivity contribution in [2.24, 2.45) is 11.7 Å². The highest BCUT2D eigenvalue weighted by molar-refractivity contribution is 7.80. The molecule has 0 saturated carbocycles. The summed E-state index contributed by atoms with van der Waals surface area (Å²) in [5.41, 5.74) is 6.33.